The van der Waals surface area contributed by atoms with Crippen LogP contribution in [0.3, 0.4) is 0 Å². The van der Waals surface area contributed by atoms with Crippen molar-refractivity contribution in [3.63, 3.8) is 0 Å². The molecule has 0 saturated carbocycles. The predicted octanol–water partition coefficient (Wildman–Crippen LogP) is 2.53. The number of carbonyl (C=O) groups is 1. The summed E-state index contributed by atoms with van der Waals surface area (Å²) in [5.41, 5.74) is 1.88. The number of rotatable bonds is 4. The lowest BCUT2D eigenvalue weighted by Crippen LogP contribution is -2.53. The minimum atomic E-state index is -0.302. The highest BCUT2D eigenvalue weighted by molar-refractivity contribution is 5.73. The van der Waals surface area contributed by atoms with E-state index in [-0.39, 0.29) is 5.82 Å². The molecule has 3 rings (SSSR count). The zero-order valence-corrected chi connectivity index (χ0v) is 12.2. The van der Waals surface area contributed by atoms with Crippen molar-refractivity contribution in [3.8, 4) is 0 Å². The second-order valence-electron chi connectivity index (χ2n) is 5.20. The maximum Gasteiger partial charge on any atom is 0.228 e. The fourth-order valence-electron chi connectivity index (χ4n) is 2.69. The van der Waals surface area contributed by atoms with Crippen LogP contribution in [0.25, 0.3) is 0 Å². The summed E-state index contributed by atoms with van der Waals surface area (Å²) in [6, 6.07) is 16.2. The van der Waals surface area contributed by atoms with Crippen LogP contribution in [-0.2, 0) is 4.79 Å². The van der Waals surface area contributed by atoms with E-state index in [1.807, 2.05) is 23.2 Å². The molecule has 0 unspecified atom stereocenters. The third-order valence-electron chi connectivity index (χ3n) is 3.87. The van der Waals surface area contributed by atoms with Crippen LogP contribution in [0.15, 0.2) is 54.6 Å². The quantitative estimate of drug-likeness (QED) is 0.812. The Morgan fingerprint density at radius 2 is 1.55 bits per heavy atom. The third-order valence-corrected chi connectivity index (χ3v) is 3.87. The fourth-order valence-corrected chi connectivity index (χ4v) is 2.69. The van der Waals surface area contributed by atoms with Crippen LogP contribution in [0.1, 0.15) is 0 Å². The van der Waals surface area contributed by atoms with E-state index in [1.165, 1.54) is 17.8 Å². The largest absolute Gasteiger partial charge is 0.369 e. The minimum absolute atomic E-state index is 0.302. The number of benzene rings is 2. The number of halogens is 1. The standard InChI is InChI=1S/C17H18FN3O/c18-15-6-8-17(9-7-15)21(14-22)20-12-10-19(11-13-20)16-4-2-1-3-5-16/h1-9,14H,10-13H2. The highest BCUT2D eigenvalue weighted by Crippen LogP contribution is 2.20. The number of nitrogens with zero attached hydrogens (tertiary/aromatic N) is 3. The van der Waals surface area contributed by atoms with Gasteiger partial charge in [0, 0.05) is 31.9 Å². The van der Waals surface area contributed by atoms with Gasteiger partial charge in [0.1, 0.15) is 5.82 Å². The predicted molar refractivity (Wildman–Crippen MR) is 85.2 cm³/mol. The first-order chi connectivity index (χ1) is 10.8. The van der Waals surface area contributed by atoms with E-state index >= 15 is 0 Å². The molecule has 0 aliphatic carbocycles. The van der Waals surface area contributed by atoms with Crippen LogP contribution < -0.4 is 9.91 Å². The SMILES string of the molecule is O=CN(c1ccc(F)cc1)N1CCN(c2ccccc2)CC1. The maximum absolute atomic E-state index is 13.0. The molecule has 1 heterocycles. The number of para-hydroxylation sites is 1. The van der Waals surface area contributed by atoms with Crippen molar-refractivity contribution in [1.82, 2.24) is 5.01 Å². The lowest BCUT2D eigenvalue weighted by atomic mass is 10.2. The minimum Gasteiger partial charge on any atom is -0.369 e. The van der Waals surface area contributed by atoms with Crippen molar-refractivity contribution in [3.05, 3.63) is 60.4 Å². The summed E-state index contributed by atoms with van der Waals surface area (Å²) in [7, 11) is 0. The summed E-state index contributed by atoms with van der Waals surface area (Å²) in [6.45, 7) is 3.17. The van der Waals surface area contributed by atoms with Crippen LogP contribution in [-0.4, -0.2) is 37.6 Å². The van der Waals surface area contributed by atoms with Crippen LogP contribution >= 0.6 is 0 Å². The Labute approximate surface area is 129 Å². The molecule has 0 N–H and O–H groups in total. The molecule has 1 fully saturated rings. The van der Waals surface area contributed by atoms with Gasteiger partial charge < -0.3 is 4.90 Å². The maximum atomic E-state index is 13.0. The lowest BCUT2D eigenvalue weighted by molar-refractivity contribution is -0.110. The van der Waals surface area contributed by atoms with Gasteiger partial charge in [0.25, 0.3) is 0 Å². The van der Waals surface area contributed by atoms with Gasteiger partial charge in [-0.25, -0.2) is 14.4 Å². The van der Waals surface area contributed by atoms with Crippen molar-refractivity contribution < 1.29 is 9.18 Å². The van der Waals surface area contributed by atoms with Gasteiger partial charge >= 0.3 is 0 Å². The van der Waals surface area contributed by atoms with Crippen molar-refractivity contribution in [2.24, 2.45) is 0 Å². The van der Waals surface area contributed by atoms with Gasteiger partial charge in [-0.05, 0) is 36.4 Å². The molecular weight excluding hydrogens is 281 g/mol. The molecule has 1 saturated heterocycles. The smallest absolute Gasteiger partial charge is 0.228 e. The Hall–Kier alpha value is -2.40. The first-order valence-corrected chi connectivity index (χ1v) is 7.33. The van der Waals surface area contributed by atoms with E-state index < -0.39 is 0 Å². The third kappa shape index (κ3) is 3.09. The van der Waals surface area contributed by atoms with Crippen molar-refractivity contribution in [2.45, 2.75) is 0 Å². The molecule has 4 nitrogen and oxygen atoms in total. The number of amides is 1. The van der Waals surface area contributed by atoms with E-state index in [0.717, 1.165) is 32.6 Å². The molecule has 2 aromatic carbocycles. The zero-order chi connectivity index (χ0) is 15.4. The second kappa shape index (κ2) is 6.58. The molecule has 1 aliphatic heterocycles. The summed E-state index contributed by atoms with van der Waals surface area (Å²) in [5, 5.41) is 3.54. The first kappa shape index (κ1) is 14.5. The Morgan fingerprint density at radius 3 is 2.14 bits per heavy atom. The molecule has 0 radical (unpaired) electrons. The fraction of sp³-hybridized carbons (Fsp3) is 0.235. The second-order valence-corrected chi connectivity index (χ2v) is 5.20. The molecule has 1 amide bonds. The molecular formula is C17H18FN3O. The Balaban J connectivity index is 1.67. The number of hydrazine groups is 1. The Morgan fingerprint density at radius 1 is 0.909 bits per heavy atom. The van der Waals surface area contributed by atoms with Gasteiger partial charge in [-0.2, -0.15) is 0 Å². The van der Waals surface area contributed by atoms with Gasteiger partial charge in [-0.1, -0.05) is 18.2 Å². The van der Waals surface area contributed by atoms with Gasteiger partial charge in [-0.3, -0.25) is 4.79 Å². The van der Waals surface area contributed by atoms with Gasteiger partial charge in [0.05, 0.1) is 5.69 Å². The monoisotopic (exact) mass is 299 g/mol. The molecule has 1 aliphatic rings. The molecule has 114 valence electrons. The average molecular weight is 299 g/mol. The van der Waals surface area contributed by atoms with Crippen LogP contribution in [0, 0.1) is 5.82 Å². The van der Waals surface area contributed by atoms with Crippen molar-refractivity contribution >= 4 is 17.8 Å². The molecule has 2 aromatic rings. The summed E-state index contributed by atoms with van der Waals surface area (Å²) in [5.74, 6) is -0.302. The number of hydrogen-bond donors (Lipinski definition) is 0. The highest BCUT2D eigenvalue weighted by atomic mass is 19.1. The normalized spacial score (nSPS) is 15.6. The Bertz CT molecular complexity index is 610. The molecule has 5 heteroatoms. The van der Waals surface area contributed by atoms with E-state index in [2.05, 4.69) is 17.0 Å². The number of piperazine rings is 1. The van der Waals surface area contributed by atoms with Gasteiger partial charge in [-0.15, -0.1) is 0 Å². The lowest BCUT2D eigenvalue weighted by Gasteiger charge is -2.40. The van der Waals surface area contributed by atoms with Crippen LogP contribution in [0.5, 0.6) is 0 Å². The molecule has 0 atom stereocenters. The van der Waals surface area contributed by atoms with Crippen molar-refractivity contribution in [1.29, 1.82) is 0 Å². The first-order valence-electron chi connectivity index (χ1n) is 7.33. The average Bonchev–Trinajstić information content (AvgIpc) is 2.59. The Kier molecular flexibility index (Phi) is 4.34. The summed E-state index contributed by atoms with van der Waals surface area (Å²) < 4.78 is 13.0. The summed E-state index contributed by atoms with van der Waals surface area (Å²) >= 11 is 0. The molecule has 0 aromatic heterocycles. The van der Waals surface area contributed by atoms with E-state index in [0.29, 0.717) is 5.69 Å². The summed E-state index contributed by atoms with van der Waals surface area (Å²) in [4.78, 5) is 13.7. The molecule has 0 bridgehead atoms. The van der Waals surface area contributed by atoms with Gasteiger partial charge in [0.15, 0.2) is 0 Å². The van der Waals surface area contributed by atoms with Crippen LogP contribution in [0.4, 0.5) is 15.8 Å². The molecule has 0 spiro atoms. The van der Waals surface area contributed by atoms with Gasteiger partial charge in [0.2, 0.25) is 6.41 Å². The number of hydrogen-bond acceptors (Lipinski definition) is 3. The topological polar surface area (TPSA) is 26.8 Å². The van der Waals surface area contributed by atoms with Crippen molar-refractivity contribution in [2.75, 3.05) is 36.1 Å². The molecule has 22 heavy (non-hydrogen) atoms. The van der Waals surface area contributed by atoms with Crippen LogP contribution in [0.2, 0.25) is 0 Å². The van der Waals surface area contributed by atoms with E-state index in [9.17, 15) is 9.18 Å². The van der Waals surface area contributed by atoms with E-state index in [4.69, 9.17) is 0 Å². The highest BCUT2D eigenvalue weighted by Gasteiger charge is 2.22. The van der Waals surface area contributed by atoms with E-state index in [1.54, 1.807) is 17.1 Å². The number of carbonyl (C=O) groups excluding carboxylic acids is 1. The number of anilines is 2. The zero-order valence-electron chi connectivity index (χ0n) is 12.2. The summed E-state index contributed by atoms with van der Waals surface area (Å²) in [6.07, 6.45) is 0.783.